The number of nitrogens with zero attached hydrogens (tertiary/aromatic N) is 4. The second-order valence-corrected chi connectivity index (χ2v) is 6.28. The van der Waals surface area contributed by atoms with Crippen LogP contribution in [0, 0.1) is 0 Å². The van der Waals surface area contributed by atoms with Crippen LogP contribution in [0.3, 0.4) is 0 Å². The van der Waals surface area contributed by atoms with E-state index in [4.69, 9.17) is 28.6 Å². The lowest BCUT2D eigenvalue weighted by atomic mass is 10.1. The van der Waals surface area contributed by atoms with E-state index < -0.39 is 0 Å². The Morgan fingerprint density at radius 1 is 1.48 bits per heavy atom. The summed E-state index contributed by atoms with van der Waals surface area (Å²) in [6.07, 6.45) is 2.28. The van der Waals surface area contributed by atoms with Crippen LogP contribution in [0.2, 0.25) is 5.02 Å². The first-order valence-electron chi connectivity index (χ1n) is 7.56. The molecule has 2 heterocycles. The Morgan fingerprint density at radius 3 is 2.96 bits per heavy atom. The van der Waals surface area contributed by atoms with Crippen molar-refractivity contribution >= 4 is 34.6 Å². The number of hydrogen-bond donors (Lipinski definition) is 1. The van der Waals surface area contributed by atoms with Crippen molar-refractivity contribution in [3.8, 4) is 5.75 Å². The van der Waals surface area contributed by atoms with Crippen molar-refractivity contribution in [2.45, 2.75) is 13.3 Å². The van der Waals surface area contributed by atoms with Crippen LogP contribution in [0.5, 0.6) is 5.75 Å². The second-order valence-electron chi connectivity index (χ2n) is 5.46. The molecule has 6 nitrogen and oxygen atoms in total. The van der Waals surface area contributed by atoms with Gasteiger partial charge in [0.15, 0.2) is 5.11 Å². The molecule has 1 aliphatic heterocycles. The minimum atomic E-state index is 0.550. The highest BCUT2D eigenvalue weighted by atomic mass is 35.5. The molecule has 8 heteroatoms. The maximum Gasteiger partial charge on any atom is 0.189 e. The Morgan fingerprint density at radius 2 is 2.26 bits per heavy atom. The number of pyridine rings is 1. The van der Waals surface area contributed by atoms with E-state index in [1.165, 1.54) is 0 Å². The molecule has 0 saturated carbocycles. The fourth-order valence-corrected chi connectivity index (χ4v) is 2.56. The van der Waals surface area contributed by atoms with Crippen LogP contribution < -0.4 is 10.2 Å². The number of aromatic nitrogens is 1. The predicted molar refractivity (Wildman–Crippen MR) is 97.4 cm³/mol. The van der Waals surface area contributed by atoms with Crippen molar-refractivity contribution in [3.05, 3.63) is 23.0 Å². The molecule has 0 radical (unpaired) electrons. The zero-order valence-electron chi connectivity index (χ0n) is 13.7. The Labute approximate surface area is 147 Å². The molecule has 0 spiro atoms. The topological polar surface area (TPSA) is 53.0 Å². The van der Waals surface area contributed by atoms with E-state index >= 15 is 0 Å². The first-order valence-corrected chi connectivity index (χ1v) is 8.34. The van der Waals surface area contributed by atoms with Crippen LogP contribution in [0.4, 0.5) is 0 Å². The standard InChI is InChI=1S/C15H22ClN5OS/c1-4-21(7-6-20(2)3)15(23)19-18-12-5-8-22-13-9-11(16)10-17-14(12)13/h9-10H,4-8H2,1-3H3,(H,19,23)/b18-12-. The Bertz CT molecular complexity index is 593. The normalized spacial score (nSPS) is 15.3. The minimum absolute atomic E-state index is 0.550. The predicted octanol–water partition coefficient (Wildman–Crippen LogP) is 1.98. The summed E-state index contributed by atoms with van der Waals surface area (Å²) in [6.45, 7) is 5.25. The van der Waals surface area contributed by atoms with Crippen LogP contribution in [0.25, 0.3) is 0 Å². The monoisotopic (exact) mass is 355 g/mol. The third kappa shape index (κ3) is 5.02. The van der Waals surface area contributed by atoms with Gasteiger partial charge in [-0.05, 0) is 33.2 Å². The smallest absolute Gasteiger partial charge is 0.189 e. The van der Waals surface area contributed by atoms with Crippen molar-refractivity contribution in [1.29, 1.82) is 0 Å². The fourth-order valence-electron chi connectivity index (χ4n) is 2.14. The van der Waals surface area contributed by atoms with E-state index in [1.54, 1.807) is 12.3 Å². The van der Waals surface area contributed by atoms with Gasteiger partial charge in [-0.1, -0.05) is 11.6 Å². The van der Waals surface area contributed by atoms with E-state index in [1.807, 2.05) is 14.1 Å². The quantitative estimate of drug-likeness (QED) is 0.644. The maximum absolute atomic E-state index is 5.94. The third-order valence-electron chi connectivity index (χ3n) is 3.46. The van der Waals surface area contributed by atoms with Gasteiger partial charge in [0.2, 0.25) is 0 Å². The lowest BCUT2D eigenvalue weighted by molar-refractivity contribution is 0.318. The first kappa shape index (κ1) is 17.9. The summed E-state index contributed by atoms with van der Waals surface area (Å²) in [4.78, 5) is 8.51. The summed E-state index contributed by atoms with van der Waals surface area (Å²) in [5.74, 6) is 0.662. The summed E-state index contributed by atoms with van der Waals surface area (Å²) < 4.78 is 5.57. The lowest BCUT2D eigenvalue weighted by Gasteiger charge is -2.25. The zero-order chi connectivity index (χ0) is 16.8. The van der Waals surface area contributed by atoms with Crippen LogP contribution in [-0.4, -0.2) is 65.9 Å². The lowest BCUT2D eigenvalue weighted by Crippen LogP contribution is -2.41. The Hall–Kier alpha value is -1.44. The average molecular weight is 356 g/mol. The molecule has 2 rings (SSSR count). The summed E-state index contributed by atoms with van der Waals surface area (Å²) in [6, 6.07) is 1.76. The molecule has 1 N–H and O–H groups in total. The van der Waals surface area contributed by atoms with Gasteiger partial charge in [0.25, 0.3) is 0 Å². The summed E-state index contributed by atoms with van der Waals surface area (Å²) in [5.41, 5.74) is 4.52. The van der Waals surface area contributed by atoms with Crippen molar-refractivity contribution in [2.75, 3.05) is 40.3 Å². The van der Waals surface area contributed by atoms with Gasteiger partial charge in [0, 0.05) is 38.3 Å². The molecule has 0 saturated heterocycles. The van der Waals surface area contributed by atoms with Crippen molar-refractivity contribution in [2.24, 2.45) is 5.10 Å². The molecule has 1 aromatic rings. The van der Waals surface area contributed by atoms with E-state index in [0.29, 0.717) is 34.6 Å². The highest BCUT2D eigenvalue weighted by molar-refractivity contribution is 7.80. The molecular formula is C15H22ClN5OS. The van der Waals surface area contributed by atoms with Crippen LogP contribution in [0.15, 0.2) is 17.4 Å². The molecule has 1 aromatic heterocycles. The molecule has 0 bridgehead atoms. The molecule has 0 aliphatic carbocycles. The Balaban J connectivity index is 2.04. The van der Waals surface area contributed by atoms with E-state index in [2.05, 4.69) is 32.2 Å². The van der Waals surface area contributed by atoms with Gasteiger partial charge in [-0.3, -0.25) is 5.43 Å². The third-order valence-corrected chi connectivity index (χ3v) is 4.02. The number of rotatable bonds is 5. The number of likely N-dealkylation sites (N-methyl/N-ethyl adjacent to an activating group) is 2. The zero-order valence-corrected chi connectivity index (χ0v) is 15.2. The number of fused-ring (bicyclic) bond motifs is 1. The summed E-state index contributed by atoms with van der Waals surface area (Å²) in [7, 11) is 4.08. The average Bonchev–Trinajstić information content (AvgIpc) is 2.52. The van der Waals surface area contributed by atoms with Gasteiger partial charge >= 0.3 is 0 Å². The highest BCUT2D eigenvalue weighted by Crippen LogP contribution is 2.25. The second kappa shape index (κ2) is 8.42. The maximum atomic E-state index is 5.94. The van der Waals surface area contributed by atoms with Crippen molar-refractivity contribution < 1.29 is 4.74 Å². The number of ether oxygens (including phenoxy) is 1. The molecule has 0 atom stereocenters. The number of hydrogen-bond acceptors (Lipinski definition) is 5. The summed E-state index contributed by atoms with van der Waals surface area (Å²) in [5, 5.41) is 5.60. The van der Waals surface area contributed by atoms with Gasteiger partial charge in [-0.15, -0.1) is 0 Å². The van der Waals surface area contributed by atoms with Gasteiger partial charge < -0.3 is 14.5 Å². The van der Waals surface area contributed by atoms with Gasteiger partial charge in [0.1, 0.15) is 11.4 Å². The molecule has 126 valence electrons. The molecular weight excluding hydrogens is 334 g/mol. The number of hydrazone groups is 1. The molecule has 23 heavy (non-hydrogen) atoms. The van der Waals surface area contributed by atoms with Gasteiger partial charge in [-0.25, -0.2) is 4.98 Å². The van der Waals surface area contributed by atoms with Crippen LogP contribution in [-0.2, 0) is 0 Å². The summed E-state index contributed by atoms with van der Waals surface area (Å²) >= 11 is 11.4. The largest absolute Gasteiger partial charge is 0.491 e. The molecule has 0 fully saturated rings. The van der Waals surface area contributed by atoms with Crippen molar-refractivity contribution in [1.82, 2.24) is 20.2 Å². The molecule has 0 aromatic carbocycles. The highest BCUT2D eigenvalue weighted by Gasteiger charge is 2.19. The fraction of sp³-hybridized carbons (Fsp3) is 0.533. The van der Waals surface area contributed by atoms with E-state index in [0.717, 1.165) is 25.3 Å². The van der Waals surface area contributed by atoms with Gasteiger partial charge in [-0.2, -0.15) is 5.10 Å². The SMILES string of the molecule is CCN(CCN(C)C)C(=S)N/N=C1/CCOc2cc(Cl)cnc21. The van der Waals surface area contributed by atoms with E-state index in [9.17, 15) is 0 Å². The molecule has 0 amide bonds. The van der Waals surface area contributed by atoms with Crippen LogP contribution in [0.1, 0.15) is 19.0 Å². The number of halogens is 1. The van der Waals surface area contributed by atoms with Crippen LogP contribution >= 0.6 is 23.8 Å². The Kier molecular flexibility index (Phi) is 6.56. The molecule has 1 aliphatic rings. The van der Waals surface area contributed by atoms with E-state index in [-0.39, 0.29) is 0 Å². The number of thiocarbonyl (C=S) groups is 1. The van der Waals surface area contributed by atoms with Gasteiger partial charge in [0.05, 0.1) is 17.3 Å². The van der Waals surface area contributed by atoms with Crippen molar-refractivity contribution in [3.63, 3.8) is 0 Å². The first-order chi connectivity index (χ1) is 11.0. The molecule has 0 unspecified atom stereocenters. The minimum Gasteiger partial charge on any atom is -0.491 e. The number of nitrogens with one attached hydrogen (secondary N) is 1.